The van der Waals surface area contributed by atoms with Crippen LogP contribution in [-0.4, -0.2) is 16.1 Å². The van der Waals surface area contributed by atoms with Crippen LogP contribution in [0.2, 0.25) is 0 Å². The molecule has 0 aliphatic rings. The number of alkyl halides is 2. The van der Waals surface area contributed by atoms with Crippen LogP contribution in [0, 0.1) is 0 Å². The molecule has 1 aromatic heterocycles. The monoisotopic (exact) mass is 269 g/mol. The Morgan fingerprint density at radius 2 is 2.13 bits per heavy atom. The molecule has 0 fully saturated rings. The molecular weight excluding hydrogens is 257 g/mol. The van der Waals surface area contributed by atoms with Crippen LogP contribution in [0.25, 0.3) is 10.9 Å². The summed E-state index contributed by atoms with van der Waals surface area (Å²) in [5, 5.41) is 1.56. The minimum Gasteiger partial charge on any atom is -0.350 e. The average molecular weight is 270 g/mol. The van der Waals surface area contributed by atoms with Crippen molar-refractivity contribution >= 4 is 26.8 Å². The van der Waals surface area contributed by atoms with Gasteiger partial charge in [-0.3, -0.25) is 0 Å². The number of rotatable bonds is 3. The van der Waals surface area contributed by atoms with Crippen molar-refractivity contribution in [2.75, 3.05) is 5.33 Å². The number of hydrogen-bond acceptors (Lipinski definition) is 0. The van der Waals surface area contributed by atoms with Gasteiger partial charge in [0.2, 0.25) is 0 Å². The molecule has 1 atom stereocenters. The fourth-order valence-electron chi connectivity index (χ4n) is 1.88. The number of halogens is 2. The normalized spacial score (nSPS) is 13.3. The number of hydrogen-bond donors (Lipinski definition) is 0. The standard InChI is InChI=1S/C12H13BrFN/c1-15-8-9(6-10(14)7-13)11-4-2-3-5-12(11)15/h2-5,8,10H,6-7H2,1H3. The second-order valence-electron chi connectivity index (χ2n) is 3.74. The lowest BCUT2D eigenvalue weighted by atomic mass is 10.1. The van der Waals surface area contributed by atoms with Crippen LogP contribution >= 0.6 is 15.9 Å². The van der Waals surface area contributed by atoms with Crippen LogP contribution < -0.4 is 0 Å². The third-order valence-electron chi connectivity index (χ3n) is 2.59. The maximum absolute atomic E-state index is 13.3. The first-order valence-corrected chi connectivity index (χ1v) is 6.07. The third-order valence-corrected chi connectivity index (χ3v) is 3.29. The molecule has 2 aromatic rings. The third kappa shape index (κ3) is 2.07. The zero-order valence-electron chi connectivity index (χ0n) is 8.58. The van der Waals surface area contributed by atoms with E-state index < -0.39 is 6.17 Å². The summed E-state index contributed by atoms with van der Waals surface area (Å²) < 4.78 is 15.3. The quantitative estimate of drug-likeness (QED) is 0.753. The molecule has 1 aromatic carbocycles. The average Bonchev–Trinajstić information content (AvgIpc) is 2.57. The van der Waals surface area contributed by atoms with E-state index in [9.17, 15) is 4.39 Å². The van der Waals surface area contributed by atoms with Crippen molar-refractivity contribution in [3.63, 3.8) is 0 Å². The summed E-state index contributed by atoms with van der Waals surface area (Å²) in [6.45, 7) is 0. The van der Waals surface area contributed by atoms with Crippen LogP contribution in [0.15, 0.2) is 30.5 Å². The van der Waals surface area contributed by atoms with Gasteiger partial charge in [-0.2, -0.15) is 0 Å². The Morgan fingerprint density at radius 1 is 1.40 bits per heavy atom. The lowest BCUT2D eigenvalue weighted by Crippen LogP contribution is -2.05. The molecule has 0 aliphatic carbocycles. The zero-order valence-corrected chi connectivity index (χ0v) is 10.2. The van der Waals surface area contributed by atoms with E-state index in [1.54, 1.807) is 0 Å². The highest BCUT2D eigenvalue weighted by molar-refractivity contribution is 9.09. The summed E-state index contributed by atoms with van der Waals surface area (Å²) in [7, 11) is 1.99. The molecule has 0 saturated heterocycles. The molecule has 80 valence electrons. The Labute approximate surface area is 97.0 Å². The van der Waals surface area contributed by atoms with Crippen molar-refractivity contribution in [1.29, 1.82) is 0 Å². The van der Waals surface area contributed by atoms with Gasteiger partial charge in [-0.05, 0) is 11.6 Å². The summed E-state index contributed by atoms with van der Waals surface area (Å²) in [5.41, 5.74) is 2.24. The fraction of sp³-hybridized carbons (Fsp3) is 0.333. The first kappa shape index (κ1) is 10.7. The van der Waals surface area contributed by atoms with Crippen molar-refractivity contribution in [3.05, 3.63) is 36.0 Å². The van der Waals surface area contributed by atoms with Gasteiger partial charge in [0.15, 0.2) is 0 Å². The number of fused-ring (bicyclic) bond motifs is 1. The lowest BCUT2D eigenvalue weighted by Gasteiger charge is -2.02. The van der Waals surface area contributed by atoms with E-state index in [-0.39, 0.29) is 0 Å². The van der Waals surface area contributed by atoms with Crippen molar-refractivity contribution in [1.82, 2.24) is 4.57 Å². The van der Waals surface area contributed by atoms with E-state index >= 15 is 0 Å². The van der Waals surface area contributed by atoms with Gasteiger partial charge in [-0.25, -0.2) is 4.39 Å². The molecule has 0 radical (unpaired) electrons. The van der Waals surface area contributed by atoms with E-state index in [1.165, 1.54) is 0 Å². The molecule has 0 aliphatic heterocycles. The SMILES string of the molecule is Cn1cc(CC(F)CBr)c2ccccc21. The molecule has 0 amide bonds. The van der Waals surface area contributed by atoms with E-state index in [0.717, 1.165) is 16.5 Å². The van der Waals surface area contributed by atoms with Crippen LogP contribution in [0.5, 0.6) is 0 Å². The van der Waals surface area contributed by atoms with E-state index in [2.05, 4.69) is 22.0 Å². The van der Waals surface area contributed by atoms with Gasteiger partial charge in [0.1, 0.15) is 6.17 Å². The van der Waals surface area contributed by atoms with Gasteiger partial charge < -0.3 is 4.57 Å². The van der Waals surface area contributed by atoms with Crippen LogP contribution in [-0.2, 0) is 13.5 Å². The second kappa shape index (κ2) is 4.35. The van der Waals surface area contributed by atoms with E-state index in [4.69, 9.17) is 0 Å². The predicted octanol–water partition coefficient (Wildman–Crippen LogP) is 3.45. The Hall–Kier alpha value is -0.830. The number of benzene rings is 1. The fourth-order valence-corrected chi connectivity index (χ4v) is 2.11. The minimum absolute atomic E-state index is 0.399. The summed E-state index contributed by atoms with van der Waals surface area (Å²) in [6.07, 6.45) is 1.68. The van der Waals surface area contributed by atoms with Gasteiger partial charge in [0, 0.05) is 35.9 Å². The van der Waals surface area contributed by atoms with Crippen molar-refractivity contribution in [3.8, 4) is 0 Å². The Morgan fingerprint density at radius 3 is 2.87 bits per heavy atom. The molecule has 0 spiro atoms. The highest BCUT2D eigenvalue weighted by Crippen LogP contribution is 2.22. The van der Waals surface area contributed by atoms with Crippen LogP contribution in [0.4, 0.5) is 4.39 Å². The summed E-state index contributed by atoms with van der Waals surface area (Å²) >= 11 is 3.16. The van der Waals surface area contributed by atoms with Crippen LogP contribution in [0.3, 0.4) is 0 Å². The highest BCUT2D eigenvalue weighted by atomic mass is 79.9. The van der Waals surface area contributed by atoms with Gasteiger partial charge in [0.05, 0.1) is 0 Å². The Bertz CT molecular complexity index is 464. The summed E-state index contributed by atoms with van der Waals surface area (Å²) in [6, 6.07) is 8.10. The smallest absolute Gasteiger partial charge is 0.114 e. The van der Waals surface area contributed by atoms with Crippen molar-refractivity contribution in [2.45, 2.75) is 12.6 Å². The van der Waals surface area contributed by atoms with E-state index in [0.29, 0.717) is 11.8 Å². The molecule has 1 nitrogen and oxygen atoms in total. The molecular formula is C12H13BrFN. The van der Waals surface area contributed by atoms with Gasteiger partial charge in [-0.15, -0.1) is 0 Å². The van der Waals surface area contributed by atoms with Crippen molar-refractivity contribution in [2.24, 2.45) is 7.05 Å². The van der Waals surface area contributed by atoms with E-state index in [1.807, 2.05) is 36.0 Å². The second-order valence-corrected chi connectivity index (χ2v) is 4.39. The largest absolute Gasteiger partial charge is 0.350 e. The highest BCUT2D eigenvalue weighted by Gasteiger charge is 2.11. The molecule has 0 N–H and O–H groups in total. The Kier molecular flexibility index (Phi) is 3.10. The van der Waals surface area contributed by atoms with Crippen LogP contribution in [0.1, 0.15) is 5.56 Å². The van der Waals surface area contributed by atoms with Gasteiger partial charge >= 0.3 is 0 Å². The molecule has 1 heterocycles. The first-order valence-electron chi connectivity index (χ1n) is 4.95. The Balaban J connectivity index is 2.43. The molecule has 1 unspecified atom stereocenters. The summed E-state index contributed by atoms with van der Waals surface area (Å²) in [4.78, 5) is 0. The number of para-hydroxylation sites is 1. The maximum Gasteiger partial charge on any atom is 0.114 e. The molecule has 3 heteroatoms. The number of aromatic nitrogens is 1. The summed E-state index contributed by atoms with van der Waals surface area (Å²) in [5.74, 6) is 0. The van der Waals surface area contributed by atoms with Crippen molar-refractivity contribution < 1.29 is 4.39 Å². The van der Waals surface area contributed by atoms with Gasteiger partial charge in [0.25, 0.3) is 0 Å². The van der Waals surface area contributed by atoms with Gasteiger partial charge in [-0.1, -0.05) is 34.1 Å². The number of nitrogens with zero attached hydrogens (tertiary/aromatic N) is 1. The first-order chi connectivity index (χ1) is 7.22. The predicted molar refractivity (Wildman–Crippen MR) is 65.3 cm³/mol. The lowest BCUT2D eigenvalue weighted by molar-refractivity contribution is 0.369. The molecule has 15 heavy (non-hydrogen) atoms. The maximum atomic E-state index is 13.3. The number of aryl methyl sites for hydroxylation is 1. The topological polar surface area (TPSA) is 4.93 Å². The molecule has 0 bridgehead atoms. The molecule has 2 rings (SSSR count). The molecule has 0 saturated carbocycles. The minimum atomic E-state index is -0.809. The zero-order chi connectivity index (χ0) is 10.8.